The molecule has 0 unspecified atom stereocenters. The minimum atomic E-state index is -4.00. The normalized spacial score (nSPS) is 11.7. The van der Waals surface area contributed by atoms with E-state index in [2.05, 4.69) is 42.5 Å². The van der Waals surface area contributed by atoms with E-state index >= 15 is 0 Å². The maximum absolute atomic E-state index is 14.1. The summed E-state index contributed by atoms with van der Waals surface area (Å²) in [5.41, 5.74) is 6.10. The molecule has 8 rings (SSSR count). The van der Waals surface area contributed by atoms with Gasteiger partial charge in [-0.05, 0) is 52.6 Å². The Hall–Kier alpha value is -6.56. The van der Waals surface area contributed by atoms with E-state index in [0.29, 0.717) is 22.2 Å². The van der Waals surface area contributed by atoms with Gasteiger partial charge in [-0.3, -0.25) is 4.68 Å². The van der Waals surface area contributed by atoms with Crippen LogP contribution in [0.1, 0.15) is 22.3 Å². The number of nitrogens with zero attached hydrogens (tertiary/aromatic N) is 5. The summed E-state index contributed by atoms with van der Waals surface area (Å²) >= 11 is 0. The smallest absolute Gasteiger partial charge is 0.252 e. The summed E-state index contributed by atoms with van der Waals surface area (Å²) in [6, 6.07) is 50.5. The summed E-state index contributed by atoms with van der Waals surface area (Å²) < 4.78 is 31.4. The highest BCUT2D eigenvalue weighted by molar-refractivity contribution is 7.90. The Balaban J connectivity index is 1.38. The van der Waals surface area contributed by atoms with Crippen LogP contribution in [0.2, 0.25) is 0 Å². The van der Waals surface area contributed by atoms with Crippen LogP contribution in [0.5, 0.6) is 0 Å². The molecule has 5 aromatic carbocycles. The van der Waals surface area contributed by atoms with Crippen molar-refractivity contribution in [1.82, 2.24) is 18.7 Å². The number of nitriles is 1. The first-order valence-electron chi connectivity index (χ1n) is 16.0. The lowest BCUT2D eigenvalue weighted by molar-refractivity contribution is 0.460. The molecule has 7 nitrogen and oxygen atoms in total. The number of pyridine rings is 1. The van der Waals surface area contributed by atoms with Crippen molar-refractivity contribution in [2.45, 2.75) is 10.4 Å². The SMILES string of the molecule is N#Cc1ccc(-c2cnc3c(c2)c(-c2cnn(C(c4ccccc4)(c4ccccc4)c4ccccc4)c2)cn3S(=O)(=O)c2ccccc2)cc1. The zero-order chi connectivity index (χ0) is 34.1. The maximum atomic E-state index is 14.1. The van der Waals surface area contributed by atoms with Gasteiger partial charge in [0, 0.05) is 40.7 Å². The zero-order valence-electron chi connectivity index (χ0n) is 26.7. The number of rotatable bonds is 8. The second-order valence-corrected chi connectivity index (χ2v) is 13.7. The first kappa shape index (κ1) is 30.8. The summed E-state index contributed by atoms with van der Waals surface area (Å²) in [5, 5.41) is 15.0. The third kappa shape index (κ3) is 5.09. The van der Waals surface area contributed by atoms with Gasteiger partial charge in [-0.15, -0.1) is 0 Å². The van der Waals surface area contributed by atoms with Gasteiger partial charge >= 0.3 is 0 Å². The molecular formula is C42H29N5O2S. The highest BCUT2D eigenvalue weighted by atomic mass is 32.2. The van der Waals surface area contributed by atoms with Crippen LogP contribution in [0.15, 0.2) is 181 Å². The van der Waals surface area contributed by atoms with E-state index < -0.39 is 15.6 Å². The third-order valence-corrected chi connectivity index (χ3v) is 10.7. The molecule has 0 bridgehead atoms. The minimum absolute atomic E-state index is 0.161. The second-order valence-electron chi connectivity index (χ2n) is 11.9. The third-order valence-electron chi connectivity index (χ3n) is 9.07. The molecule has 0 aliphatic carbocycles. The van der Waals surface area contributed by atoms with Gasteiger partial charge in [-0.2, -0.15) is 10.4 Å². The number of benzene rings is 5. The molecule has 8 aromatic rings. The predicted octanol–water partition coefficient (Wildman–Crippen LogP) is 8.52. The van der Waals surface area contributed by atoms with Crippen molar-refractivity contribution >= 4 is 21.1 Å². The molecule has 50 heavy (non-hydrogen) atoms. The predicted molar refractivity (Wildman–Crippen MR) is 195 cm³/mol. The number of hydrogen-bond acceptors (Lipinski definition) is 5. The van der Waals surface area contributed by atoms with Crippen LogP contribution in [0.3, 0.4) is 0 Å². The van der Waals surface area contributed by atoms with Crippen LogP contribution in [0.25, 0.3) is 33.3 Å². The Labute approximate surface area is 290 Å². The van der Waals surface area contributed by atoms with Gasteiger partial charge in [-0.25, -0.2) is 17.4 Å². The molecule has 0 saturated heterocycles. The molecule has 0 amide bonds. The molecule has 0 fully saturated rings. The van der Waals surface area contributed by atoms with Crippen molar-refractivity contribution in [2.24, 2.45) is 0 Å². The summed E-state index contributed by atoms with van der Waals surface area (Å²) in [4.78, 5) is 4.89. The van der Waals surface area contributed by atoms with Gasteiger partial charge in [0.15, 0.2) is 5.65 Å². The molecule has 0 aliphatic rings. The molecule has 0 spiro atoms. The Morgan fingerprint density at radius 2 is 1.14 bits per heavy atom. The van der Waals surface area contributed by atoms with Gasteiger partial charge in [0.2, 0.25) is 0 Å². The van der Waals surface area contributed by atoms with Crippen molar-refractivity contribution in [2.75, 3.05) is 0 Å². The number of hydrogen-bond donors (Lipinski definition) is 0. The Morgan fingerprint density at radius 1 is 0.600 bits per heavy atom. The monoisotopic (exact) mass is 667 g/mol. The van der Waals surface area contributed by atoms with Crippen molar-refractivity contribution < 1.29 is 8.42 Å². The van der Waals surface area contributed by atoms with Crippen molar-refractivity contribution in [3.8, 4) is 28.3 Å². The van der Waals surface area contributed by atoms with Crippen molar-refractivity contribution in [1.29, 1.82) is 5.26 Å². The van der Waals surface area contributed by atoms with Crippen LogP contribution in [-0.2, 0) is 15.6 Å². The van der Waals surface area contributed by atoms with E-state index in [1.165, 1.54) is 3.97 Å². The molecule has 0 radical (unpaired) electrons. The van der Waals surface area contributed by atoms with Gasteiger partial charge in [0.1, 0.15) is 5.54 Å². The average molecular weight is 668 g/mol. The van der Waals surface area contributed by atoms with E-state index in [0.717, 1.165) is 33.4 Å². The highest BCUT2D eigenvalue weighted by Crippen LogP contribution is 2.42. The van der Waals surface area contributed by atoms with Crippen LogP contribution >= 0.6 is 0 Å². The fraction of sp³-hybridized carbons (Fsp3) is 0.0238. The highest BCUT2D eigenvalue weighted by Gasteiger charge is 2.39. The lowest BCUT2D eigenvalue weighted by atomic mass is 9.77. The Morgan fingerprint density at radius 3 is 1.68 bits per heavy atom. The van der Waals surface area contributed by atoms with E-state index in [-0.39, 0.29) is 4.90 Å². The lowest BCUT2D eigenvalue weighted by Crippen LogP contribution is -2.38. The quantitative estimate of drug-likeness (QED) is 0.152. The van der Waals surface area contributed by atoms with Gasteiger partial charge in [0.05, 0.1) is 22.7 Å². The molecule has 0 N–H and O–H groups in total. The molecule has 3 aromatic heterocycles. The Kier molecular flexibility index (Phi) is 7.67. The van der Waals surface area contributed by atoms with Crippen LogP contribution < -0.4 is 0 Å². The standard InChI is InChI=1S/C42H29N5O2S/c43-26-31-21-23-32(24-22-31)33-25-39-40(30-46(41(39)44-27-33)50(48,49)38-19-11-4-12-20-38)34-28-45-47(29-34)42(35-13-5-1-6-14-35,36-15-7-2-8-16-36)37-17-9-3-10-18-37/h1-25,27-30H. The summed E-state index contributed by atoms with van der Waals surface area (Å²) in [7, 11) is -4.00. The topological polar surface area (TPSA) is 93.6 Å². The first-order chi connectivity index (χ1) is 24.5. The summed E-state index contributed by atoms with van der Waals surface area (Å²) in [6.45, 7) is 0. The van der Waals surface area contributed by atoms with E-state index in [4.69, 9.17) is 10.1 Å². The minimum Gasteiger partial charge on any atom is -0.252 e. The lowest BCUT2D eigenvalue weighted by Gasteiger charge is -2.36. The molecule has 0 atom stereocenters. The molecule has 3 heterocycles. The van der Waals surface area contributed by atoms with Crippen LogP contribution in [0.4, 0.5) is 0 Å². The second kappa shape index (κ2) is 12.5. The molecule has 0 saturated carbocycles. The largest absolute Gasteiger partial charge is 0.269 e. The van der Waals surface area contributed by atoms with Gasteiger partial charge in [0.25, 0.3) is 10.0 Å². The molecular weight excluding hydrogens is 639 g/mol. The zero-order valence-corrected chi connectivity index (χ0v) is 27.5. The van der Waals surface area contributed by atoms with E-state index in [1.807, 2.05) is 83.7 Å². The van der Waals surface area contributed by atoms with Crippen molar-refractivity contribution in [3.05, 3.63) is 199 Å². The summed E-state index contributed by atoms with van der Waals surface area (Å²) in [5.74, 6) is 0. The number of fused-ring (bicyclic) bond motifs is 1. The molecule has 240 valence electrons. The van der Waals surface area contributed by atoms with E-state index in [1.54, 1.807) is 61.1 Å². The average Bonchev–Trinajstić information content (AvgIpc) is 3.83. The fourth-order valence-electron chi connectivity index (χ4n) is 6.67. The van der Waals surface area contributed by atoms with Crippen molar-refractivity contribution in [3.63, 3.8) is 0 Å². The number of aromatic nitrogens is 4. The van der Waals surface area contributed by atoms with Gasteiger partial charge < -0.3 is 0 Å². The molecule has 8 heteroatoms. The first-order valence-corrected chi connectivity index (χ1v) is 17.5. The van der Waals surface area contributed by atoms with E-state index in [9.17, 15) is 13.7 Å². The van der Waals surface area contributed by atoms with Gasteiger partial charge in [-0.1, -0.05) is 121 Å². The van der Waals surface area contributed by atoms with Crippen LogP contribution in [-0.4, -0.2) is 27.2 Å². The Bertz CT molecular complexity index is 2500. The molecule has 0 aliphatic heterocycles. The summed E-state index contributed by atoms with van der Waals surface area (Å²) in [6.07, 6.45) is 7.07. The fourth-order valence-corrected chi connectivity index (χ4v) is 8.02. The maximum Gasteiger partial charge on any atom is 0.269 e. The van der Waals surface area contributed by atoms with Crippen LogP contribution in [0, 0.1) is 11.3 Å².